The number of nitrogens with zero attached hydrogens (tertiary/aromatic N) is 3. The first-order valence-corrected chi connectivity index (χ1v) is 10.2. The molecule has 0 aliphatic heterocycles. The highest BCUT2D eigenvalue weighted by atomic mass is 35.5. The number of carbonyl (C=O) groups is 1. The van der Waals surface area contributed by atoms with Gasteiger partial charge in [0.25, 0.3) is 0 Å². The van der Waals surface area contributed by atoms with Crippen LogP contribution in [0.1, 0.15) is 37.7 Å². The van der Waals surface area contributed by atoms with Gasteiger partial charge in [-0.2, -0.15) is 0 Å². The molecule has 0 fully saturated rings. The minimum absolute atomic E-state index is 0.0209. The van der Waals surface area contributed by atoms with E-state index in [0.29, 0.717) is 33.6 Å². The topological polar surface area (TPSA) is 88.8 Å². The molecular weight excluding hydrogens is 427 g/mol. The molecule has 0 bridgehead atoms. The second-order valence-corrected chi connectivity index (χ2v) is 8.72. The number of ether oxygens (including phenoxy) is 1. The summed E-state index contributed by atoms with van der Waals surface area (Å²) in [6.45, 7) is 7.42. The van der Waals surface area contributed by atoms with E-state index in [1.54, 1.807) is 32.9 Å². The molecule has 2 N–H and O–H groups in total. The first-order valence-electron chi connectivity index (χ1n) is 9.49. The molecule has 0 aliphatic carbocycles. The average Bonchev–Trinajstić information content (AvgIpc) is 3.01. The molecular formula is C21H24Cl2N4O3. The summed E-state index contributed by atoms with van der Waals surface area (Å²) in [6, 6.07) is 5.24. The van der Waals surface area contributed by atoms with Crippen LogP contribution < -0.4 is 5.32 Å². The number of benzene rings is 1. The number of fused-ring (bicyclic) bond motifs is 1. The molecule has 1 aromatic carbocycles. The molecule has 0 radical (unpaired) electrons. The molecule has 0 spiro atoms. The normalized spacial score (nSPS) is 11.7. The van der Waals surface area contributed by atoms with Gasteiger partial charge in [-0.25, -0.2) is 14.8 Å². The molecule has 160 valence electrons. The highest BCUT2D eigenvalue weighted by Gasteiger charge is 2.21. The second kappa shape index (κ2) is 8.79. The number of hydrogen-bond donors (Lipinski definition) is 2. The number of aromatic nitrogens is 3. The van der Waals surface area contributed by atoms with Gasteiger partial charge in [0.1, 0.15) is 5.60 Å². The summed E-state index contributed by atoms with van der Waals surface area (Å²) in [7, 11) is 0. The summed E-state index contributed by atoms with van der Waals surface area (Å²) in [5.41, 5.74) is 3.03. The molecule has 0 aliphatic rings. The highest BCUT2D eigenvalue weighted by Crippen LogP contribution is 2.34. The van der Waals surface area contributed by atoms with Crippen LogP contribution in [-0.4, -0.2) is 37.8 Å². The van der Waals surface area contributed by atoms with Crippen molar-refractivity contribution in [2.45, 2.75) is 46.3 Å². The average molecular weight is 451 g/mol. The van der Waals surface area contributed by atoms with E-state index < -0.39 is 11.7 Å². The van der Waals surface area contributed by atoms with Crippen LogP contribution in [0.25, 0.3) is 17.0 Å². The van der Waals surface area contributed by atoms with E-state index in [4.69, 9.17) is 27.9 Å². The number of carbonyl (C=O) groups excluding carboxylic acids is 1. The Morgan fingerprint density at radius 1 is 1.27 bits per heavy atom. The van der Waals surface area contributed by atoms with Gasteiger partial charge in [0.2, 0.25) is 5.78 Å². The Labute approximate surface area is 185 Å². The fourth-order valence-electron chi connectivity index (χ4n) is 3.09. The fraction of sp³-hybridized carbons (Fsp3) is 0.381. The molecule has 2 heterocycles. The summed E-state index contributed by atoms with van der Waals surface area (Å²) in [5, 5.41) is 13.1. The number of rotatable bonds is 5. The fourth-order valence-corrected chi connectivity index (χ4v) is 3.59. The zero-order valence-electron chi connectivity index (χ0n) is 17.3. The zero-order valence-corrected chi connectivity index (χ0v) is 18.8. The van der Waals surface area contributed by atoms with Crippen LogP contribution >= 0.6 is 23.2 Å². The quantitative estimate of drug-likeness (QED) is 0.593. The van der Waals surface area contributed by atoms with Gasteiger partial charge < -0.3 is 15.2 Å². The maximum atomic E-state index is 12.2. The Bertz CT molecular complexity index is 1090. The Morgan fingerprint density at radius 3 is 2.63 bits per heavy atom. The third-order valence-corrected chi connectivity index (χ3v) is 4.88. The molecule has 0 unspecified atom stereocenters. The van der Waals surface area contributed by atoms with Crippen LogP contribution in [0, 0.1) is 6.92 Å². The number of nitrogens with one attached hydrogen (secondary N) is 1. The summed E-state index contributed by atoms with van der Waals surface area (Å²) >= 11 is 12.6. The van der Waals surface area contributed by atoms with Gasteiger partial charge in [-0.1, -0.05) is 23.2 Å². The second-order valence-electron chi connectivity index (χ2n) is 7.88. The molecule has 0 saturated heterocycles. The number of halogens is 2. The minimum Gasteiger partial charge on any atom is -0.444 e. The summed E-state index contributed by atoms with van der Waals surface area (Å²) in [5.74, 6) is 0.484. The highest BCUT2D eigenvalue weighted by molar-refractivity contribution is 6.36. The monoisotopic (exact) mass is 450 g/mol. The van der Waals surface area contributed by atoms with Crippen molar-refractivity contribution >= 4 is 35.1 Å². The van der Waals surface area contributed by atoms with Gasteiger partial charge in [-0.15, -0.1) is 0 Å². The Hall–Kier alpha value is -2.35. The predicted octanol–water partition coefficient (Wildman–Crippen LogP) is 4.57. The van der Waals surface area contributed by atoms with Crippen LogP contribution in [0.4, 0.5) is 4.79 Å². The van der Waals surface area contributed by atoms with Crippen molar-refractivity contribution in [2.75, 3.05) is 6.61 Å². The SMILES string of the molecule is Cc1nc2nc(CCO)cn2c(-c2ccc(Cl)cc2Cl)c1CNC(=O)OC(C)(C)C. The third kappa shape index (κ3) is 5.03. The lowest BCUT2D eigenvalue weighted by atomic mass is 10.0. The van der Waals surface area contributed by atoms with Crippen molar-refractivity contribution < 1.29 is 14.6 Å². The number of imidazole rings is 1. The number of alkyl carbamates (subject to hydrolysis) is 1. The smallest absolute Gasteiger partial charge is 0.407 e. The molecule has 3 rings (SSSR count). The van der Waals surface area contributed by atoms with E-state index in [-0.39, 0.29) is 13.2 Å². The van der Waals surface area contributed by atoms with E-state index in [1.807, 2.05) is 23.6 Å². The first-order chi connectivity index (χ1) is 14.1. The van der Waals surface area contributed by atoms with Crippen molar-refractivity contribution in [3.05, 3.63) is 51.4 Å². The number of amides is 1. The van der Waals surface area contributed by atoms with Gasteiger partial charge in [-0.05, 0) is 45.9 Å². The van der Waals surface area contributed by atoms with Gasteiger partial charge in [0, 0.05) is 41.1 Å². The van der Waals surface area contributed by atoms with Crippen molar-refractivity contribution in [1.29, 1.82) is 0 Å². The number of aryl methyl sites for hydroxylation is 1. The number of hydrogen-bond acceptors (Lipinski definition) is 5. The largest absolute Gasteiger partial charge is 0.444 e. The molecule has 30 heavy (non-hydrogen) atoms. The third-order valence-electron chi connectivity index (χ3n) is 4.33. The van der Waals surface area contributed by atoms with Crippen LogP contribution in [0.2, 0.25) is 10.0 Å². The Morgan fingerprint density at radius 2 is 2.00 bits per heavy atom. The number of aliphatic hydroxyl groups is 1. The lowest BCUT2D eigenvalue weighted by Gasteiger charge is -2.21. The molecule has 0 saturated carbocycles. The van der Waals surface area contributed by atoms with Gasteiger partial charge in [0.05, 0.1) is 23.0 Å². The zero-order chi connectivity index (χ0) is 22.1. The predicted molar refractivity (Wildman–Crippen MR) is 117 cm³/mol. The van der Waals surface area contributed by atoms with Crippen LogP contribution in [-0.2, 0) is 17.7 Å². The van der Waals surface area contributed by atoms with Crippen molar-refractivity contribution in [3.8, 4) is 11.3 Å². The molecule has 2 aromatic heterocycles. The van der Waals surface area contributed by atoms with E-state index in [1.165, 1.54) is 0 Å². The number of aliphatic hydroxyl groups excluding tert-OH is 1. The minimum atomic E-state index is -0.604. The molecule has 3 aromatic rings. The lowest BCUT2D eigenvalue weighted by Crippen LogP contribution is -2.32. The van der Waals surface area contributed by atoms with Crippen molar-refractivity contribution in [2.24, 2.45) is 0 Å². The first kappa shape index (κ1) is 22.3. The van der Waals surface area contributed by atoms with Crippen LogP contribution in [0.3, 0.4) is 0 Å². The van der Waals surface area contributed by atoms with E-state index in [9.17, 15) is 9.90 Å². The molecule has 1 amide bonds. The summed E-state index contributed by atoms with van der Waals surface area (Å²) in [4.78, 5) is 21.3. The van der Waals surface area contributed by atoms with E-state index in [0.717, 1.165) is 16.8 Å². The molecule has 7 nitrogen and oxygen atoms in total. The van der Waals surface area contributed by atoms with Gasteiger partial charge in [-0.3, -0.25) is 4.40 Å². The van der Waals surface area contributed by atoms with Crippen LogP contribution in [0.15, 0.2) is 24.4 Å². The van der Waals surface area contributed by atoms with Crippen LogP contribution in [0.5, 0.6) is 0 Å². The summed E-state index contributed by atoms with van der Waals surface area (Å²) < 4.78 is 7.17. The molecule has 0 atom stereocenters. The van der Waals surface area contributed by atoms with Crippen molar-refractivity contribution in [1.82, 2.24) is 19.7 Å². The maximum Gasteiger partial charge on any atom is 0.407 e. The standard InChI is InChI=1S/C21H24Cl2N4O3/c1-12-16(10-24-20(29)30-21(2,3)4)18(15-6-5-13(22)9-17(15)23)27-11-14(7-8-28)26-19(27)25-12/h5-6,9,11,28H,7-8,10H2,1-4H3,(H,24,29). The summed E-state index contributed by atoms with van der Waals surface area (Å²) in [6.07, 6.45) is 1.69. The van der Waals surface area contributed by atoms with Gasteiger partial charge >= 0.3 is 6.09 Å². The van der Waals surface area contributed by atoms with E-state index >= 15 is 0 Å². The van der Waals surface area contributed by atoms with E-state index in [2.05, 4.69) is 15.3 Å². The lowest BCUT2D eigenvalue weighted by molar-refractivity contribution is 0.0523. The van der Waals surface area contributed by atoms with Gasteiger partial charge in [0.15, 0.2) is 0 Å². The maximum absolute atomic E-state index is 12.2. The Kier molecular flexibility index (Phi) is 6.55. The Balaban J connectivity index is 2.12. The van der Waals surface area contributed by atoms with Crippen molar-refractivity contribution in [3.63, 3.8) is 0 Å². The molecule has 9 heteroatoms.